The molecule has 2 aliphatic rings. The summed E-state index contributed by atoms with van der Waals surface area (Å²) in [6, 6.07) is 0. The van der Waals surface area contributed by atoms with E-state index in [1.54, 1.807) is 10.8 Å². The Balaban J connectivity index is 1.68. The molecular weight excluding hydrogens is 284 g/mol. The zero-order valence-corrected chi connectivity index (χ0v) is 15.6. The van der Waals surface area contributed by atoms with Gasteiger partial charge in [-0.1, -0.05) is 10.8 Å². The molecule has 0 aliphatic carbocycles. The molecule has 0 radical (unpaired) electrons. The van der Waals surface area contributed by atoms with Gasteiger partial charge in [0.1, 0.15) is 0 Å². The van der Waals surface area contributed by atoms with Crippen LogP contribution in [0.4, 0.5) is 0 Å². The van der Waals surface area contributed by atoms with Crippen LogP contribution in [0.3, 0.4) is 0 Å². The van der Waals surface area contributed by atoms with Crippen molar-refractivity contribution in [2.45, 2.75) is 57.7 Å². The summed E-state index contributed by atoms with van der Waals surface area (Å²) in [5.74, 6) is 1.74. The third-order valence-corrected chi connectivity index (χ3v) is 7.47. The maximum atomic E-state index is 4.42. The second-order valence-corrected chi connectivity index (χ2v) is 9.99. The second-order valence-electron chi connectivity index (χ2n) is 8.21. The normalized spacial score (nSPS) is 24.9. The number of thiol groups is 1. The fraction of sp³-hybridized carbons (Fsp3) is 1.00. The molecule has 0 bridgehead atoms. The molecule has 0 unspecified atom stereocenters. The number of hydrogen-bond donors (Lipinski definition) is 1. The maximum absolute atomic E-state index is 4.42. The van der Waals surface area contributed by atoms with E-state index in [1.165, 1.54) is 45.6 Å². The minimum atomic E-state index is 0.329. The molecule has 118 valence electrons. The van der Waals surface area contributed by atoms with Gasteiger partial charge >= 0.3 is 0 Å². The van der Waals surface area contributed by atoms with Crippen LogP contribution >= 0.6 is 22.5 Å². The monoisotopic (exact) mass is 316 g/mol. The highest BCUT2D eigenvalue weighted by Gasteiger charge is 2.39. The van der Waals surface area contributed by atoms with Crippen LogP contribution in [0.25, 0.3) is 0 Å². The zero-order valence-electron chi connectivity index (χ0n) is 13.9. The van der Waals surface area contributed by atoms with E-state index in [0.29, 0.717) is 10.3 Å². The maximum Gasteiger partial charge on any atom is 0.0257 e. The number of hydrogen-bond acceptors (Lipinski definition) is 4. The van der Waals surface area contributed by atoms with Gasteiger partial charge in [0.05, 0.1) is 0 Å². The van der Waals surface area contributed by atoms with Crippen molar-refractivity contribution < 1.29 is 0 Å². The Morgan fingerprint density at radius 2 is 1.60 bits per heavy atom. The van der Waals surface area contributed by atoms with Crippen LogP contribution in [0.2, 0.25) is 0 Å². The van der Waals surface area contributed by atoms with Gasteiger partial charge in [0.15, 0.2) is 0 Å². The van der Waals surface area contributed by atoms with Crippen molar-refractivity contribution >= 4 is 22.5 Å². The van der Waals surface area contributed by atoms with Gasteiger partial charge in [-0.15, -0.1) is 11.7 Å². The van der Waals surface area contributed by atoms with Crippen molar-refractivity contribution in [3.05, 3.63) is 0 Å². The summed E-state index contributed by atoms with van der Waals surface area (Å²) < 4.78 is 0.329. The SMILES string of the molecule is CC(C)(SS)C1CN(CC2CCN(C(C)(C)C)CC2)C1. The Morgan fingerprint density at radius 3 is 2.05 bits per heavy atom. The number of rotatable bonds is 4. The lowest BCUT2D eigenvalue weighted by molar-refractivity contribution is 0.0328. The predicted molar refractivity (Wildman–Crippen MR) is 94.6 cm³/mol. The first-order valence-electron chi connectivity index (χ1n) is 8.02. The second kappa shape index (κ2) is 6.39. The topological polar surface area (TPSA) is 6.48 Å². The fourth-order valence-electron chi connectivity index (χ4n) is 3.38. The van der Waals surface area contributed by atoms with Gasteiger partial charge in [-0.2, -0.15) is 0 Å². The minimum Gasteiger partial charge on any atom is -0.302 e. The molecule has 20 heavy (non-hydrogen) atoms. The van der Waals surface area contributed by atoms with Crippen LogP contribution in [0, 0.1) is 11.8 Å². The summed E-state index contributed by atoms with van der Waals surface area (Å²) in [7, 11) is 1.72. The van der Waals surface area contributed by atoms with E-state index in [-0.39, 0.29) is 0 Å². The van der Waals surface area contributed by atoms with E-state index in [2.05, 4.69) is 56.1 Å². The zero-order chi connectivity index (χ0) is 15.0. The molecule has 2 heterocycles. The van der Waals surface area contributed by atoms with Gasteiger partial charge in [0.25, 0.3) is 0 Å². The molecule has 0 N–H and O–H groups in total. The molecule has 2 nitrogen and oxygen atoms in total. The average molecular weight is 317 g/mol. The van der Waals surface area contributed by atoms with Gasteiger partial charge in [-0.05, 0) is 72.4 Å². The molecule has 2 aliphatic heterocycles. The van der Waals surface area contributed by atoms with Crippen LogP contribution in [0.15, 0.2) is 0 Å². The summed E-state index contributed by atoms with van der Waals surface area (Å²) >= 11 is 4.42. The summed E-state index contributed by atoms with van der Waals surface area (Å²) in [5.41, 5.74) is 0.348. The van der Waals surface area contributed by atoms with Gasteiger partial charge in [0.2, 0.25) is 0 Å². The Bertz CT molecular complexity index is 311. The highest BCUT2D eigenvalue weighted by Crippen LogP contribution is 2.40. The molecule has 4 heteroatoms. The molecule has 2 saturated heterocycles. The van der Waals surface area contributed by atoms with Crippen LogP contribution < -0.4 is 0 Å². The molecule has 0 amide bonds. The van der Waals surface area contributed by atoms with Gasteiger partial charge in [-0.25, -0.2) is 0 Å². The lowest BCUT2D eigenvalue weighted by Gasteiger charge is -2.49. The van der Waals surface area contributed by atoms with E-state index in [0.717, 1.165) is 11.8 Å². The Labute approximate surface area is 134 Å². The smallest absolute Gasteiger partial charge is 0.0257 e. The molecule has 0 aromatic heterocycles. The number of nitrogens with zero attached hydrogens (tertiary/aromatic N) is 2. The van der Waals surface area contributed by atoms with Crippen molar-refractivity contribution in [1.29, 1.82) is 0 Å². The quantitative estimate of drug-likeness (QED) is 0.623. The number of likely N-dealkylation sites (tertiary alicyclic amines) is 2. The van der Waals surface area contributed by atoms with E-state index in [1.807, 2.05) is 0 Å². The molecule has 2 rings (SSSR count). The van der Waals surface area contributed by atoms with Crippen LogP contribution in [-0.2, 0) is 0 Å². The summed E-state index contributed by atoms with van der Waals surface area (Å²) in [5, 5.41) is 0. The molecule has 0 spiro atoms. The van der Waals surface area contributed by atoms with E-state index in [4.69, 9.17) is 0 Å². The van der Waals surface area contributed by atoms with E-state index < -0.39 is 0 Å². The van der Waals surface area contributed by atoms with Gasteiger partial charge < -0.3 is 4.90 Å². The highest BCUT2D eigenvalue weighted by molar-refractivity contribution is 8.69. The van der Waals surface area contributed by atoms with Crippen molar-refractivity contribution in [2.24, 2.45) is 11.8 Å². The Hall–Kier alpha value is 0.620. The first-order valence-corrected chi connectivity index (χ1v) is 9.89. The van der Waals surface area contributed by atoms with Crippen LogP contribution in [-0.4, -0.2) is 52.8 Å². The summed E-state index contributed by atoms with van der Waals surface area (Å²) in [4.78, 5) is 5.30. The van der Waals surface area contributed by atoms with Gasteiger partial charge in [-0.3, -0.25) is 4.90 Å². The first kappa shape index (κ1) is 17.0. The highest BCUT2D eigenvalue weighted by atomic mass is 33.1. The Morgan fingerprint density at radius 1 is 1.05 bits per heavy atom. The molecule has 0 saturated carbocycles. The molecule has 2 fully saturated rings. The van der Waals surface area contributed by atoms with Crippen molar-refractivity contribution in [3.63, 3.8) is 0 Å². The van der Waals surface area contributed by atoms with Crippen molar-refractivity contribution in [3.8, 4) is 0 Å². The lowest BCUT2D eigenvalue weighted by atomic mass is 9.85. The largest absolute Gasteiger partial charge is 0.302 e. The standard InChI is InChI=1S/C16H32N2S2/c1-15(2,3)18-8-6-13(7-9-18)10-17-11-14(12-17)16(4,5)20-19/h13-14,19H,6-12H2,1-5H3. The molecular formula is C16H32N2S2. The first-order chi connectivity index (χ1) is 9.22. The van der Waals surface area contributed by atoms with Crippen molar-refractivity contribution in [1.82, 2.24) is 9.80 Å². The molecule has 0 aromatic carbocycles. The molecule has 0 atom stereocenters. The van der Waals surface area contributed by atoms with Crippen molar-refractivity contribution in [2.75, 3.05) is 32.7 Å². The Kier molecular flexibility index (Phi) is 5.43. The summed E-state index contributed by atoms with van der Waals surface area (Å²) in [6.07, 6.45) is 2.76. The summed E-state index contributed by atoms with van der Waals surface area (Å²) in [6.45, 7) is 18.1. The lowest BCUT2D eigenvalue weighted by Crippen LogP contribution is -2.56. The average Bonchev–Trinajstić information content (AvgIpc) is 2.32. The number of piperidine rings is 1. The van der Waals surface area contributed by atoms with Crippen LogP contribution in [0.1, 0.15) is 47.5 Å². The van der Waals surface area contributed by atoms with E-state index >= 15 is 0 Å². The molecule has 0 aromatic rings. The van der Waals surface area contributed by atoms with Gasteiger partial charge in [0, 0.05) is 29.9 Å². The van der Waals surface area contributed by atoms with E-state index in [9.17, 15) is 0 Å². The van der Waals surface area contributed by atoms with Crippen LogP contribution in [0.5, 0.6) is 0 Å². The third kappa shape index (κ3) is 4.08. The minimum absolute atomic E-state index is 0.329. The third-order valence-electron chi connectivity index (χ3n) is 5.26. The predicted octanol–water partition coefficient (Wildman–Crippen LogP) is 3.79. The fourth-order valence-corrected chi connectivity index (χ4v) is 4.13.